The van der Waals surface area contributed by atoms with Gasteiger partial charge in [0.15, 0.2) is 10.9 Å². The number of carbonyl (C=O) groups excluding carboxylic acids is 2. The third-order valence-corrected chi connectivity index (χ3v) is 5.35. The van der Waals surface area contributed by atoms with Crippen LogP contribution in [0.5, 0.6) is 0 Å². The molecule has 0 saturated carbocycles. The van der Waals surface area contributed by atoms with E-state index in [-0.39, 0.29) is 28.4 Å². The molecule has 9 heteroatoms. The maximum absolute atomic E-state index is 12.6. The third-order valence-electron chi connectivity index (χ3n) is 4.49. The van der Waals surface area contributed by atoms with Crippen molar-refractivity contribution in [2.75, 3.05) is 16.4 Å². The largest absolute Gasteiger partial charge is 0.325 e. The zero-order chi connectivity index (χ0) is 22.4. The van der Waals surface area contributed by atoms with Crippen molar-refractivity contribution in [1.29, 1.82) is 0 Å². The normalized spacial score (nSPS) is 10.5. The molecule has 3 rings (SSSR count). The number of nitrogens with one attached hydrogen (secondary N) is 3. The van der Waals surface area contributed by atoms with Crippen molar-refractivity contribution in [3.63, 3.8) is 0 Å². The number of aromatic amines is 1. The highest BCUT2D eigenvalue weighted by Gasteiger charge is 2.15. The van der Waals surface area contributed by atoms with Crippen molar-refractivity contribution in [3.8, 4) is 11.3 Å². The molecular weight excluding hydrogens is 414 g/mol. The Kier molecular flexibility index (Phi) is 7.19. The van der Waals surface area contributed by atoms with Crippen LogP contribution < -0.4 is 16.2 Å². The molecule has 0 atom stereocenters. The first-order valence-corrected chi connectivity index (χ1v) is 10.7. The zero-order valence-electron chi connectivity index (χ0n) is 17.5. The number of benzene rings is 2. The molecule has 3 N–H and O–H groups in total. The average molecular weight is 438 g/mol. The Bertz CT molecular complexity index is 1160. The molecule has 0 bridgehead atoms. The van der Waals surface area contributed by atoms with Crippen molar-refractivity contribution in [2.45, 2.75) is 32.3 Å². The number of nitrogens with zero attached hydrogens (tertiary/aromatic N) is 2. The summed E-state index contributed by atoms with van der Waals surface area (Å²) in [6, 6.07) is 12.9. The molecule has 0 fully saturated rings. The first-order chi connectivity index (χ1) is 14.9. The average Bonchev–Trinajstić information content (AvgIpc) is 2.74. The van der Waals surface area contributed by atoms with E-state index in [1.165, 1.54) is 12.5 Å². The smallest absolute Gasteiger partial charge is 0.278 e. The molecule has 8 nitrogen and oxygen atoms in total. The van der Waals surface area contributed by atoms with Gasteiger partial charge in [0.2, 0.25) is 11.8 Å². The van der Waals surface area contributed by atoms with Crippen LogP contribution in [0, 0.1) is 6.92 Å². The summed E-state index contributed by atoms with van der Waals surface area (Å²) in [7, 11) is 0. The molecule has 0 aliphatic rings. The highest BCUT2D eigenvalue weighted by molar-refractivity contribution is 7.99. The van der Waals surface area contributed by atoms with Gasteiger partial charge in [-0.15, -0.1) is 10.2 Å². The SMILES string of the molecule is CCc1ccc(NC(=O)CSc2nnc(-c3cccc(C)c3NC(C)=O)c(=O)[nH]2)cc1. The van der Waals surface area contributed by atoms with Crippen LogP contribution in [0.25, 0.3) is 11.3 Å². The van der Waals surface area contributed by atoms with Crippen LogP contribution in [0.15, 0.2) is 52.4 Å². The summed E-state index contributed by atoms with van der Waals surface area (Å²) in [5.74, 6) is -0.392. The van der Waals surface area contributed by atoms with Crippen molar-refractivity contribution >= 4 is 35.0 Å². The van der Waals surface area contributed by atoms with E-state index < -0.39 is 5.56 Å². The fourth-order valence-corrected chi connectivity index (χ4v) is 3.53. The van der Waals surface area contributed by atoms with E-state index in [9.17, 15) is 14.4 Å². The fourth-order valence-electron chi connectivity index (χ4n) is 2.93. The molecule has 160 valence electrons. The van der Waals surface area contributed by atoms with Crippen LogP contribution in [0.2, 0.25) is 0 Å². The molecule has 1 aromatic heterocycles. The Balaban J connectivity index is 1.70. The predicted octanol–water partition coefficient (Wildman–Crippen LogP) is 3.39. The minimum atomic E-state index is -0.453. The van der Waals surface area contributed by atoms with Crippen LogP contribution in [0.3, 0.4) is 0 Å². The number of carbonyl (C=O) groups is 2. The second kappa shape index (κ2) is 10.0. The minimum absolute atomic E-state index is 0.0705. The Morgan fingerprint density at radius 2 is 1.81 bits per heavy atom. The van der Waals surface area contributed by atoms with E-state index in [0.717, 1.165) is 23.7 Å². The lowest BCUT2D eigenvalue weighted by atomic mass is 10.1. The van der Waals surface area contributed by atoms with Gasteiger partial charge in [0.1, 0.15) is 0 Å². The number of hydrogen-bond acceptors (Lipinski definition) is 6. The summed E-state index contributed by atoms with van der Waals surface area (Å²) < 4.78 is 0. The number of thioether (sulfide) groups is 1. The molecule has 3 aromatic rings. The van der Waals surface area contributed by atoms with Crippen LogP contribution in [-0.4, -0.2) is 32.7 Å². The van der Waals surface area contributed by atoms with Crippen molar-refractivity contribution in [3.05, 3.63) is 63.9 Å². The first-order valence-electron chi connectivity index (χ1n) is 9.73. The Hall–Kier alpha value is -3.46. The zero-order valence-corrected chi connectivity index (χ0v) is 18.3. The number of anilines is 2. The van der Waals surface area contributed by atoms with Gasteiger partial charge >= 0.3 is 0 Å². The van der Waals surface area contributed by atoms with Gasteiger partial charge in [-0.3, -0.25) is 19.4 Å². The van der Waals surface area contributed by atoms with Crippen LogP contribution in [0.1, 0.15) is 25.0 Å². The van der Waals surface area contributed by atoms with Gasteiger partial charge in [-0.1, -0.05) is 49.0 Å². The lowest BCUT2D eigenvalue weighted by Crippen LogP contribution is -2.18. The van der Waals surface area contributed by atoms with Gasteiger partial charge in [0.05, 0.1) is 11.4 Å². The summed E-state index contributed by atoms with van der Waals surface area (Å²) in [5.41, 5.74) is 3.34. The summed E-state index contributed by atoms with van der Waals surface area (Å²) >= 11 is 1.08. The van der Waals surface area contributed by atoms with Crippen LogP contribution >= 0.6 is 11.8 Å². The standard InChI is InChI=1S/C22H23N5O3S/c1-4-15-8-10-16(11-9-15)24-18(29)12-31-22-25-21(30)20(26-27-22)17-7-5-6-13(2)19(17)23-14(3)28/h5-11H,4,12H2,1-3H3,(H,23,28)(H,24,29)(H,25,27,30). The molecule has 0 radical (unpaired) electrons. The van der Waals surface area contributed by atoms with Crippen molar-refractivity contribution in [2.24, 2.45) is 0 Å². The second-order valence-corrected chi connectivity index (χ2v) is 7.84. The number of para-hydroxylation sites is 1. The number of amides is 2. The van der Waals surface area contributed by atoms with Crippen molar-refractivity contribution in [1.82, 2.24) is 15.2 Å². The number of hydrogen-bond donors (Lipinski definition) is 3. The Morgan fingerprint density at radius 1 is 1.06 bits per heavy atom. The molecule has 0 aliphatic heterocycles. The Labute approximate surface area is 183 Å². The molecule has 2 amide bonds. The monoisotopic (exact) mass is 437 g/mol. The quantitative estimate of drug-likeness (QED) is 0.488. The molecule has 0 spiro atoms. The highest BCUT2D eigenvalue weighted by Crippen LogP contribution is 2.27. The molecular formula is C22H23N5O3S. The summed E-state index contributed by atoms with van der Waals surface area (Å²) in [6.45, 7) is 5.29. The maximum atomic E-state index is 12.6. The van der Waals surface area contributed by atoms with E-state index in [4.69, 9.17) is 0 Å². The van der Waals surface area contributed by atoms with Gasteiger partial charge in [-0.05, 0) is 36.6 Å². The maximum Gasteiger partial charge on any atom is 0.278 e. The molecule has 2 aromatic carbocycles. The highest BCUT2D eigenvalue weighted by atomic mass is 32.2. The molecule has 0 aliphatic carbocycles. The number of aryl methyl sites for hydroxylation is 2. The van der Waals surface area contributed by atoms with Crippen LogP contribution in [-0.2, 0) is 16.0 Å². The van der Waals surface area contributed by atoms with Crippen LogP contribution in [0.4, 0.5) is 11.4 Å². The topological polar surface area (TPSA) is 117 Å². The summed E-state index contributed by atoms with van der Waals surface area (Å²) in [6.07, 6.45) is 0.932. The van der Waals surface area contributed by atoms with Gasteiger partial charge in [0.25, 0.3) is 5.56 Å². The van der Waals surface area contributed by atoms with E-state index in [0.29, 0.717) is 16.9 Å². The lowest BCUT2D eigenvalue weighted by Gasteiger charge is -2.11. The summed E-state index contributed by atoms with van der Waals surface area (Å²) in [5, 5.41) is 13.9. The Morgan fingerprint density at radius 3 is 2.45 bits per heavy atom. The van der Waals surface area contributed by atoms with E-state index in [2.05, 4.69) is 32.7 Å². The summed E-state index contributed by atoms with van der Waals surface area (Å²) in [4.78, 5) is 39.0. The predicted molar refractivity (Wildman–Crippen MR) is 122 cm³/mol. The number of aromatic nitrogens is 3. The minimum Gasteiger partial charge on any atom is -0.325 e. The fraction of sp³-hybridized carbons (Fsp3) is 0.227. The molecule has 31 heavy (non-hydrogen) atoms. The molecule has 1 heterocycles. The van der Waals surface area contributed by atoms with E-state index in [1.807, 2.05) is 37.3 Å². The lowest BCUT2D eigenvalue weighted by molar-refractivity contribution is -0.114. The number of H-pyrrole nitrogens is 1. The van der Waals surface area contributed by atoms with E-state index >= 15 is 0 Å². The van der Waals surface area contributed by atoms with Gasteiger partial charge in [-0.25, -0.2) is 0 Å². The van der Waals surface area contributed by atoms with Gasteiger partial charge < -0.3 is 10.6 Å². The van der Waals surface area contributed by atoms with Crippen molar-refractivity contribution < 1.29 is 9.59 Å². The van der Waals surface area contributed by atoms with E-state index in [1.54, 1.807) is 12.1 Å². The number of rotatable bonds is 7. The third kappa shape index (κ3) is 5.79. The molecule has 0 unspecified atom stereocenters. The molecule has 0 saturated heterocycles. The van der Waals surface area contributed by atoms with Gasteiger partial charge in [0, 0.05) is 18.2 Å². The van der Waals surface area contributed by atoms with Gasteiger partial charge in [-0.2, -0.15) is 0 Å². The first kappa shape index (κ1) is 22.2. The second-order valence-electron chi connectivity index (χ2n) is 6.87.